The Morgan fingerprint density at radius 3 is 3.16 bits per heavy atom. The maximum Gasteiger partial charge on any atom is 0.123 e. The van der Waals surface area contributed by atoms with E-state index in [1.807, 2.05) is 30.1 Å². The van der Waals surface area contributed by atoms with E-state index >= 15 is 0 Å². The van der Waals surface area contributed by atoms with Gasteiger partial charge >= 0.3 is 0 Å². The standard InChI is InChI=1S/C13H18N4OS/c1-11-10-19-13(15-11)12-9-16(7-8-18-12)5-6-17-4-2-3-14-17/h2-4,10,12H,5-9H2,1H3. The van der Waals surface area contributed by atoms with E-state index in [0.717, 1.165) is 43.5 Å². The molecule has 0 radical (unpaired) electrons. The van der Waals surface area contributed by atoms with Gasteiger partial charge in [-0.15, -0.1) is 11.3 Å². The fourth-order valence-electron chi connectivity index (χ4n) is 2.25. The second-order valence-corrected chi connectivity index (χ2v) is 5.65. The summed E-state index contributed by atoms with van der Waals surface area (Å²) in [5.74, 6) is 0. The molecule has 2 aromatic rings. The second-order valence-electron chi connectivity index (χ2n) is 4.76. The molecule has 1 unspecified atom stereocenters. The molecule has 102 valence electrons. The third kappa shape index (κ3) is 3.20. The molecule has 3 rings (SSSR count). The van der Waals surface area contributed by atoms with Crippen LogP contribution in [0.2, 0.25) is 0 Å². The van der Waals surface area contributed by atoms with Crippen LogP contribution in [0.1, 0.15) is 16.8 Å². The first-order chi connectivity index (χ1) is 9.31. The molecule has 5 nitrogen and oxygen atoms in total. The maximum atomic E-state index is 5.83. The van der Waals surface area contributed by atoms with Crippen molar-refractivity contribution in [2.75, 3.05) is 26.2 Å². The van der Waals surface area contributed by atoms with Crippen LogP contribution >= 0.6 is 11.3 Å². The Balaban J connectivity index is 1.56. The van der Waals surface area contributed by atoms with E-state index in [4.69, 9.17) is 4.74 Å². The summed E-state index contributed by atoms with van der Waals surface area (Å²) >= 11 is 1.69. The highest BCUT2D eigenvalue weighted by Crippen LogP contribution is 2.25. The minimum Gasteiger partial charge on any atom is -0.368 e. The fourth-order valence-corrected chi connectivity index (χ4v) is 3.09. The first-order valence-corrected chi connectivity index (χ1v) is 7.42. The quantitative estimate of drug-likeness (QED) is 0.854. The van der Waals surface area contributed by atoms with Crippen LogP contribution < -0.4 is 0 Å². The van der Waals surface area contributed by atoms with Crippen molar-refractivity contribution in [3.05, 3.63) is 34.5 Å². The first kappa shape index (κ1) is 12.8. The van der Waals surface area contributed by atoms with Gasteiger partial charge in [0.1, 0.15) is 11.1 Å². The number of nitrogens with zero attached hydrogens (tertiary/aromatic N) is 4. The first-order valence-electron chi connectivity index (χ1n) is 6.54. The van der Waals surface area contributed by atoms with Crippen LogP contribution in [-0.4, -0.2) is 45.9 Å². The van der Waals surface area contributed by atoms with Gasteiger partial charge in [-0.05, 0) is 13.0 Å². The number of aromatic nitrogens is 3. The van der Waals surface area contributed by atoms with Crippen molar-refractivity contribution >= 4 is 11.3 Å². The third-order valence-corrected chi connectivity index (χ3v) is 4.32. The summed E-state index contributed by atoms with van der Waals surface area (Å²) in [6, 6.07) is 1.96. The SMILES string of the molecule is Cc1csc(C2CN(CCn3cccn3)CCO2)n1. The summed E-state index contributed by atoms with van der Waals surface area (Å²) in [6.45, 7) is 6.65. The molecule has 3 heterocycles. The Morgan fingerprint density at radius 1 is 1.47 bits per heavy atom. The van der Waals surface area contributed by atoms with Gasteiger partial charge in [0.2, 0.25) is 0 Å². The molecular formula is C13H18N4OS. The molecule has 1 aliphatic heterocycles. The molecule has 6 heteroatoms. The Kier molecular flexibility index (Phi) is 3.91. The van der Waals surface area contributed by atoms with Crippen LogP contribution in [0, 0.1) is 6.92 Å². The molecule has 1 fully saturated rings. The maximum absolute atomic E-state index is 5.83. The number of hydrogen-bond acceptors (Lipinski definition) is 5. The van der Waals surface area contributed by atoms with Crippen LogP contribution in [0.5, 0.6) is 0 Å². The number of rotatable bonds is 4. The van der Waals surface area contributed by atoms with E-state index in [1.165, 1.54) is 0 Å². The Hall–Kier alpha value is -1.24. The summed E-state index contributed by atoms with van der Waals surface area (Å²) in [6.07, 6.45) is 3.95. The zero-order chi connectivity index (χ0) is 13.1. The lowest BCUT2D eigenvalue weighted by Crippen LogP contribution is -2.40. The lowest BCUT2D eigenvalue weighted by atomic mass is 10.3. The van der Waals surface area contributed by atoms with Gasteiger partial charge in [-0.1, -0.05) is 0 Å². The normalized spacial score (nSPS) is 20.8. The van der Waals surface area contributed by atoms with E-state index in [2.05, 4.69) is 20.4 Å². The van der Waals surface area contributed by atoms with Crippen LogP contribution in [0.25, 0.3) is 0 Å². The Morgan fingerprint density at radius 2 is 2.42 bits per heavy atom. The number of aryl methyl sites for hydroxylation is 1. The molecule has 0 amide bonds. The minimum atomic E-state index is 0.130. The van der Waals surface area contributed by atoms with Crippen molar-refractivity contribution in [1.29, 1.82) is 0 Å². The highest BCUT2D eigenvalue weighted by atomic mass is 32.1. The van der Waals surface area contributed by atoms with Crippen molar-refractivity contribution in [2.24, 2.45) is 0 Å². The van der Waals surface area contributed by atoms with Crippen molar-refractivity contribution in [3.63, 3.8) is 0 Å². The van der Waals surface area contributed by atoms with E-state index in [1.54, 1.807) is 11.3 Å². The average Bonchev–Trinajstić information content (AvgIpc) is 3.08. The van der Waals surface area contributed by atoms with E-state index < -0.39 is 0 Å². The van der Waals surface area contributed by atoms with Gasteiger partial charge < -0.3 is 4.74 Å². The third-order valence-electron chi connectivity index (χ3n) is 3.27. The predicted molar refractivity (Wildman–Crippen MR) is 74.2 cm³/mol. The highest BCUT2D eigenvalue weighted by Gasteiger charge is 2.23. The van der Waals surface area contributed by atoms with E-state index in [0.29, 0.717) is 0 Å². The Labute approximate surface area is 116 Å². The number of thiazole rings is 1. The minimum absolute atomic E-state index is 0.130. The molecule has 1 saturated heterocycles. The zero-order valence-corrected chi connectivity index (χ0v) is 11.8. The molecule has 0 aliphatic carbocycles. The van der Waals surface area contributed by atoms with Gasteiger partial charge in [0.25, 0.3) is 0 Å². The molecule has 0 N–H and O–H groups in total. The number of hydrogen-bond donors (Lipinski definition) is 0. The van der Waals surface area contributed by atoms with Gasteiger partial charge in [0.15, 0.2) is 0 Å². The second kappa shape index (κ2) is 5.81. The van der Waals surface area contributed by atoms with Crippen molar-refractivity contribution < 1.29 is 4.74 Å². The number of ether oxygens (including phenoxy) is 1. The monoisotopic (exact) mass is 278 g/mol. The molecule has 0 spiro atoms. The molecule has 1 atom stereocenters. The van der Waals surface area contributed by atoms with Crippen molar-refractivity contribution in [3.8, 4) is 0 Å². The van der Waals surface area contributed by atoms with Gasteiger partial charge in [-0.25, -0.2) is 4.98 Å². The zero-order valence-electron chi connectivity index (χ0n) is 11.0. The Bertz CT molecular complexity index is 510. The highest BCUT2D eigenvalue weighted by molar-refractivity contribution is 7.09. The van der Waals surface area contributed by atoms with E-state index in [9.17, 15) is 0 Å². The lowest BCUT2D eigenvalue weighted by molar-refractivity contribution is -0.0312. The average molecular weight is 278 g/mol. The topological polar surface area (TPSA) is 43.2 Å². The molecule has 2 aromatic heterocycles. The van der Waals surface area contributed by atoms with Crippen molar-refractivity contribution in [1.82, 2.24) is 19.7 Å². The lowest BCUT2D eigenvalue weighted by Gasteiger charge is -2.31. The van der Waals surface area contributed by atoms with Crippen LogP contribution in [0.15, 0.2) is 23.8 Å². The van der Waals surface area contributed by atoms with Gasteiger partial charge in [0, 0.05) is 43.1 Å². The summed E-state index contributed by atoms with van der Waals surface area (Å²) in [5, 5.41) is 7.41. The largest absolute Gasteiger partial charge is 0.368 e. The summed E-state index contributed by atoms with van der Waals surface area (Å²) in [5.41, 5.74) is 1.08. The summed E-state index contributed by atoms with van der Waals surface area (Å²) < 4.78 is 7.80. The molecule has 0 saturated carbocycles. The molecule has 0 bridgehead atoms. The molecule has 19 heavy (non-hydrogen) atoms. The van der Waals surface area contributed by atoms with Crippen molar-refractivity contribution in [2.45, 2.75) is 19.6 Å². The van der Waals surface area contributed by atoms with Crippen LogP contribution in [-0.2, 0) is 11.3 Å². The predicted octanol–water partition coefficient (Wildman–Crippen LogP) is 1.72. The molecular weight excluding hydrogens is 260 g/mol. The molecule has 1 aliphatic rings. The summed E-state index contributed by atoms with van der Waals surface area (Å²) in [4.78, 5) is 6.95. The molecule has 0 aromatic carbocycles. The van der Waals surface area contributed by atoms with Crippen LogP contribution in [0.3, 0.4) is 0 Å². The van der Waals surface area contributed by atoms with E-state index in [-0.39, 0.29) is 6.10 Å². The van der Waals surface area contributed by atoms with Gasteiger partial charge in [-0.2, -0.15) is 5.10 Å². The fraction of sp³-hybridized carbons (Fsp3) is 0.538. The van der Waals surface area contributed by atoms with Gasteiger partial charge in [0.05, 0.1) is 13.2 Å². The number of morpholine rings is 1. The summed E-state index contributed by atoms with van der Waals surface area (Å²) in [7, 11) is 0. The smallest absolute Gasteiger partial charge is 0.123 e. The van der Waals surface area contributed by atoms with Crippen LogP contribution in [0.4, 0.5) is 0 Å². The van der Waals surface area contributed by atoms with Gasteiger partial charge in [-0.3, -0.25) is 9.58 Å².